The maximum absolute atomic E-state index is 13.0. The summed E-state index contributed by atoms with van der Waals surface area (Å²) in [5.41, 5.74) is 5.76. The molecule has 4 nitrogen and oxygen atoms in total. The van der Waals surface area contributed by atoms with Crippen molar-refractivity contribution in [2.24, 2.45) is 0 Å². The minimum absolute atomic E-state index is 0.0857. The molecule has 1 aliphatic rings. The molecule has 0 saturated heterocycles. The molecule has 0 radical (unpaired) electrons. The molecule has 0 bridgehead atoms. The lowest BCUT2D eigenvalue weighted by Gasteiger charge is -2.15. The number of aromatic nitrogens is 1. The van der Waals surface area contributed by atoms with Crippen LogP contribution in [-0.4, -0.2) is 22.3 Å². The summed E-state index contributed by atoms with van der Waals surface area (Å²) in [5, 5.41) is 1.13. The van der Waals surface area contributed by atoms with Gasteiger partial charge in [0, 0.05) is 36.2 Å². The Morgan fingerprint density at radius 3 is 2.81 bits per heavy atom. The lowest BCUT2D eigenvalue weighted by molar-refractivity contribution is 0.0780. The van der Waals surface area contributed by atoms with Crippen LogP contribution in [0.25, 0.3) is 22.0 Å². The average Bonchev–Trinajstić information content (AvgIpc) is 3.35. The number of nitrogens with zero attached hydrogens (tertiary/aromatic N) is 2. The van der Waals surface area contributed by atoms with Gasteiger partial charge in [0.25, 0.3) is 5.91 Å². The van der Waals surface area contributed by atoms with Crippen LogP contribution in [0, 0.1) is 0 Å². The highest BCUT2D eigenvalue weighted by Gasteiger charge is 2.30. The number of rotatable bonds is 4. The molecule has 1 aliphatic heterocycles. The van der Waals surface area contributed by atoms with Gasteiger partial charge < -0.3 is 9.32 Å². The van der Waals surface area contributed by atoms with E-state index in [9.17, 15) is 4.79 Å². The van der Waals surface area contributed by atoms with Gasteiger partial charge in [0.05, 0.1) is 23.6 Å². The molecule has 0 unspecified atom stereocenters. The molecule has 3 heterocycles. The van der Waals surface area contributed by atoms with Crippen LogP contribution in [0.15, 0.2) is 77.6 Å². The van der Waals surface area contributed by atoms with Crippen LogP contribution in [0.4, 0.5) is 0 Å². The highest BCUT2D eigenvalue weighted by Crippen LogP contribution is 2.33. The lowest BCUT2D eigenvalue weighted by Crippen LogP contribution is -2.26. The Morgan fingerprint density at radius 1 is 1.00 bits per heavy atom. The summed E-state index contributed by atoms with van der Waals surface area (Å²) in [5.74, 6) is 0.0857. The summed E-state index contributed by atoms with van der Waals surface area (Å²) in [7, 11) is 0. The van der Waals surface area contributed by atoms with E-state index in [-0.39, 0.29) is 5.91 Å². The van der Waals surface area contributed by atoms with Gasteiger partial charge in [-0.15, -0.1) is 0 Å². The van der Waals surface area contributed by atoms with Gasteiger partial charge in [0.15, 0.2) is 0 Å². The van der Waals surface area contributed by atoms with Crippen molar-refractivity contribution < 1.29 is 9.21 Å². The molecule has 0 N–H and O–H groups in total. The molecular formula is C23H18N2O2. The van der Waals surface area contributed by atoms with E-state index in [1.165, 1.54) is 0 Å². The third-order valence-corrected chi connectivity index (χ3v) is 5.14. The van der Waals surface area contributed by atoms with Crippen LogP contribution in [0.5, 0.6) is 0 Å². The molecule has 0 saturated carbocycles. The van der Waals surface area contributed by atoms with E-state index < -0.39 is 0 Å². The Kier molecular flexibility index (Phi) is 3.75. The summed E-state index contributed by atoms with van der Waals surface area (Å²) < 4.78 is 5.20. The standard InChI is InChI=1S/C23H18N2O2/c26-23-22-17(5-3-6-20(22)18-11-13-27-15-18)14-25(23)12-10-19-9-8-16-4-1-2-7-21(16)24-19/h1-9,11,13,15H,10,12,14H2. The second kappa shape index (κ2) is 6.40. The Bertz CT molecular complexity index is 1130. The largest absolute Gasteiger partial charge is 0.472 e. The van der Waals surface area contributed by atoms with Crippen molar-refractivity contribution in [2.75, 3.05) is 6.54 Å². The number of hydrogen-bond donors (Lipinski definition) is 0. The minimum Gasteiger partial charge on any atom is -0.472 e. The molecular weight excluding hydrogens is 336 g/mol. The fourth-order valence-corrected chi connectivity index (χ4v) is 3.76. The lowest BCUT2D eigenvalue weighted by atomic mass is 9.99. The predicted octanol–water partition coefficient (Wildman–Crippen LogP) is 4.69. The Balaban J connectivity index is 1.37. The number of pyridine rings is 1. The predicted molar refractivity (Wildman–Crippen MR) is 104 cm³/mol. The van der Waals surface area contributed by atoms with E-state index in [0.717, 1.165) is 45.3 Å². The molecule has 0 spiro atoms. The van der Waals surface area contributed by atoms with E-state index >= 15 is 0 Å². The third kappa shape index (κ3) is 2.79. The van der Waals surface area contributed by atoms with E-state index in [1.807, 2.05) is 53.4 Å². The van der Waals surface area contributed by atoms with Crippen molar-refractivity contribution in [3.05, 3.63) is 90.0 Å². The molecule has 0 aliphatic carbocycles. The van der Waals surface area contributed by atoms with Crippen molar-refractivity contribution in [2.45, 2.75) is 13.0 Å². The summed E-state index contributed by atoms with van der Waals surface area (Å²) in [6.45, 7) is 1.30. The van der Waals surface area contributed by atoms with Crippen LogP contribution in [0.1, 0.15) is 21.6 Å². The van der Waals surface area contributed by atoms with Crippen molar-refractivity contribution in [1.29, 1.82) is 0 Å². The maximum atomic E-state index is 13.0. The van der Waals surface area contributed by atoms with Crippen LogP contribution >= 0.6 is 0 Å². The van der Waals surface area contributed by atoms with Crippen molar-refractivity contribution in [3.8, 4) is 11.1 Å². The Hall–Kier alpha value is -3.40. The van der Waals surface area contributed by atoms with E-state index in [4.69, 9.17) is 9.40 Å². The van der Waals surface area contributed by atoms with Gasteiger partial charge in [-0.25, -0.2) is 0 Å². The molecule has 132 valence electrons. The number of amides is 1. The zero-order valence-corrected chi connectivity index (χ0v) is 14.8. The zero-order valence-electron chi connectivity index (χ0n) is 14.8. The molecule has 4 heteroatoms. The first-order valence-corrected chi connectivity index (χ1v) is 9.08. The topological polar surface area (TPSA) is 46.3 Å². The van der Waals surface area contributed by atoms with Gasteiger partial charge >= 0.3 is 0 Å². The average molecular weight is 354 g/mol. The van der Waals surface area contributed by atoms with Gasteiger partial charge in [-0.2, -0.15) is 0 Å². The number of carbonyl (C=O) groups is 1. The second-order valence-electron chi connectivity index (χ2n) is 6.82. The van der Waals surface area contributed by atoms with E-state index in [0.29, 0.717) is 13.1 Å². The summed E-state index contributed by atoms with van der Waals surface area (Å²) in [6.07, 6.45) is 4.06. The van der Waals surface area contributed by atoms with Crippen molar-refractivity contribution in [1.82, 2.24) is 9.88 Å². The number of hydrogen-bond acceptors (Lipinski definition) is 3. The molecule has 27 heavy (non-hydrogen) atoms. The zero-order chi connectivity index (χ0) is 18.2. The highest BCUT2D eigenvalue weighted by molar-refractivity contribution is 6.04. The highest BCUT2D eigenvalue weighted by atomic mass is 16.3. The van der Waals surface area contributed by atoms with E-state index in [1.54, 1.807) is 12.5 Å². The fourth-order valence-electron chi connectivity index (χ4n) is 3.76. The van der Waals surface area contributed by atoms with Crippen molar-refractivity contribution in [3.63, 3.8) is 0 Å². The third-order valence-electron chi connectivity index (χ3n) is 5.14. The fraction of sp³-hybridized carbons (Fsp3) is 0.130. The SMILES string of the molecule is O=C1c2c(cccc2-c2ccoc2)CN1CCc1ccc2ccccc2n1. The van der Waals surface area contributed by atoms with Crippen LogP contribution in [-0.2, 0) is 13.0 Å². The number of para-hydroxylation sites is 1. The first-order chi connectivity index (χ1) is 13.3. The first-order valence-electron chi connectivity index (χ1n) is 9.08. The molecule has 5 rings (SSSR count). The number of furan rings is 1. The Morgan fingerprint density at radius 2 is 1.93 bits per heavy atom. The second-order valence-corrected chi connectivity index (χ2v) is 6.82. The quantitative estimate of drug-likeness (QED) is 0.534. The van der Waals surface area contributed by atoms with Gasteiger partial charge in [-0.05, 0) is 29.3 Å². The molecule has 4 aromatic rings. The summed E-state index contributed by atoms with van der Waals surface area (Å²) >= 11 is 0. The van der Waals surface area contributed by atoms with Gasteiger partial charge in [0.1, 0.15) is 0 Å². The number of carbonyl (C=O) groups excluding carboxylic acids is 1. The first kappa shape index (κ1) is 15.8. The number of benzene rings is 2. The molecule has 2 aromatic carbocycles. The van der Waals surface area contributed by atoms with E-state index in [2.05, 4.69) is 12.1 Å². The van der Waals surface area contributed by atoms with Crippen LogP contribution in [0.2, 0.25) is 0 Å². The van der Waals surface area contributed by atoms with Crippen LogP contribution < -0.4 is 0 Å². The maximum Gasteiger partial charge on any atom is 0.255 e. The molecule has 1 amide bonds. The molecule has 2 aromatic heterocycles. The molecule has 0 atom stereocenters. The normalized spacial score (nSPS) is 13.3. The Labute approximate surface area is 157 Å². The number of fused-ring (bicyclic) bond motifs is 2. The van der Waals surface area contributed by atoms with Gasteiger partial charge in [0.2, 0.25) is 0 Å². The van der Waals surface area contributed by atoms with Crippen molar-refractivity contribution >= 4 is 16.8 Å². The summed E-state index contributed by atoms with van der Waals surface area (Å²) in [6, 6.07) is 20.1. The smallest absolute Gasteiger partial charge is 0.255 e. The minimum atomic E-state index is 0.0857. The van der Waals surface area contributed by atoms with Gasteiger partial charge in [-0.3, -0.25) is 9.78 Å². The molecule has 0 fully saturated rings. The van der Waals surface area contributed by atoms with Crippen LogP contribution in [0.3, 0.4) is 0 Å². The summed E-state index contributed by atoms with van der Waals surface area (Å²) in [4.78, 5) is 19.6. The monoisotopic (exact) mass is 354 g/mol. The van der Waals surface area contributed by atoms with Gasteiger partial charge in [-0.1, -0.05) is 42.5 Å².